The van der Waals surface area contributed by atoms with Crippen molar-refractivity contribution < 1.29 is 23.9 Å². The normalized spacial score (nSPS) is 15.5. The molecule has 164 valence electrons. The van der Waals surface area contributed by atoms with Crippen molar-refractivity contribution >= 4 is 17.7 Å². The number of methoxy groups -OCH3 is 2. The SMILES string of the molecule is COc1ccc(C(=O)NCCNC(=O)C2CC(=O)N(Cc3ccccc3)C2)cc1OC. The standard InChI is InChI=1S/C23H27N3O5/c1-30-19-9-8-17(12-20(19)31-2)22(28)24-10-11-25-23(29)18-13-21(27)26(15-18)14-16-6-4-3-5-7-16/h3-9,12,18H,10-11,13-15H2,1-2H3,(H,24,28)(H,25,29). The monoisotopic (exact) mass is 425 g/mol. The lowest BCUT2D eigenvalue weighted by Gasteiger charge is -2.16. The molecule has 1 unspecified atom stereocenters. The van der Waals surface area contributed by atoms with Crippen molar-refractivity contribution in [3.8, 4) is 11.5 Å². The molecule has 1 aliphatic rings. The molecule has 2 aromatic rings. The van der Waals surface area contributed by atoms with Gasteiger partial charge in [-0.05, 0) is 23.8 Å². The summed E-state index contributed by atoms with van der Waals surface area (Å²) < 4.78 is 10.4. The van der Waals surface area contributed by atoms with Crippen LogP contribution < -0.4 is 20.1 Å². The molecule has 2 aromatic carbocycles. The van der Waals surface area contributed by atoms with Crippen molar-refractivity contribution in [1.29, 1.82) is 0 Å². The number of hydrogen-bond acceptors (Lipinski definition) is 5. The maximum atomic E-state index is 12.4. The van der Waals surface area contributed by atoms with E-state index in [-0.39, 0.29) is 43.1 Å². The van der Waals surface area contributed by atoms with Gasteiger partial charge in [0.1, 0.15) is 0 Å². The average molecular weight is 425 g/mol. The maximum Gasteiger partial charge on any atom is 0.251 e. The maximum absolute atomic E-state index is 12.4. The number of hydrogen-bond donors (Lipinski definition) is 2. The molecule has 1 atom stereocenters. The second kappa shape index (κ2) is 10.5. The van der Waals surface area contributed by atoms with Gasteiger partial charge in [-0.3, -0.25) is 14.4 Å². The number of likely N-dealkylation sites (tertiary alicyclic amines) is 1. The van der Waals surface area contributed by atoms with Crippen LogP contribution in [0, 0.1) is 5.92 Å². The van der Waals surface area contributed by atoms with E-state index in [1.807, 2.05) is 30.3 Å². The molecule has 0 spiro atoms. The van der Waals surface area contributed by atoms with Gasteiger partial charge in [0.05, 0.1) is 20.1 Å². The Balaban J connectivity index is 1.42. The Morgan fingerprint density at radius 3 is 2.42 bits per heavy atom. The minimum Gasteiger partial charge on any atom is -0.493 e. The highest BCUT2D eigenvalue weighted by atomic mass is 16.5. The van der Waals surface area contributed by atoms with Crippen LogP contribution in [0.25, 0.3) is 0 Å². The molecule has 1 heterocycles. The lowest BCUT2D eigenvalue weighted by molar-refractivity contribution is -0.129. The van der Waals surface area contributed by atoms with Crippen molar-refractivity contribution in [2.24, 2.45) is 5.92 Å². The Morgan fingerprint density at radius 1 is 1.00 bits per heavy atom. The summed E-state index contributed by atoms with van der Waals surface area (Å²) in [5, 5.41) is 5.56. The first-order chi connectivity index (χ1) is 15.0. The van der Waals surface area contributed by atoms with Crippen LogP contribution in [0.15, 0.2) is 48.5 Å². The Labute approximate surface area is 181 Å². The predicted molar refractivity (Wildman–Crippen MR) is 115 cm³/mol. The van der Waals surface area contributed by atoms with Crippen LogP contribution in [0.2, 0.25) is 0 Å². The smallest absolute Gasteiger partial charge is 0.251 e. The minimum absolute atomic E-state index is 0.0224. The van der Waals surface area contributed by atoms with Gasteiger partial charge in [0.2, 0.25) is 11.8 Å². The molecule has 3 amide bonds. The summed E-state index contributed by atoms with van der Waals surface area (Å²) in [5.41, 5.74) is 1.47. The van der Waals surface area contributed by atoms with Gasteiger partial charge in [0, 0.05) is 38.2 Å². The van der Waals surface area contributed by atoms with E-state index in [2.05, 4.69) is 10.6 Å². The zero-order valence-electron chi connectivity index (χ0n) is 17.7. The first-order valence-corrected chi connectivity index (χ1v) is 10.1. The topological polar surface area (TPSA) is 97.0 Å². The van der Waals surface area contributed by atoms with Gasteiger partial charge in [-0.2, -0.15) is 0 Å². The van der Waals surface area contributed by atoms with Gasteiger partial charge < -0.3 is 25.0 Å². The van der Waals surface area contributed by atoms with E-state index in [0.717, 1.165) is 5.56 Å². The summed E-state index contributed by atoms with van der Waals surface area (Å²) in [6, 6.07) is 14.6. The fraction of sp³-hybridized carbons (Fsp3) is 0.348. The van der Waals surface area contributed by atoms with Crippen molar-refractivity contribution in [2.75, 3.05) is 33.9 Å². The van der Waals surface area contributed by atoms with Crippen LogP contribution in [0.3, 0.4) is 0 Å². The lowest BCUT2D eigenvalue weighted by atomic mass is 10.1. The molecule has 3 rings (SSSR count). The number of rotatable bonds is 9. The average Bonchev–Trinajstić information content (AvgIpc) is 3.16. The van der Waals surface area contributed by atoms with Gasteiger partial charge in [-0.1, -0.05) is 30.3 Å². The van der Waals surface area contributed by atoms with Crippen LogP contribution in [0.1, 0.15) is 22.3 Å². The molecule has 0 bridgehead atoms. The molecule has 0 aromatic heterocycles. The first-order valence-electron chi connectivity index (χ1n) is 10.1. The van der Waals surface area contributed by atoms with Crippen LogP contribution in [-0.2, 0) is 16.1 Å². The molecule has 31 heavy (non-hydrogen) atoms. The van der Waals surface area contributed by atoms with E-state index in [9.17, 15) is 14.4 Å². The van der Waals surface area contributed by atoms with Gasteiger partial charge in [-0.25, -0.2) is 0 Å². The summed E-state index contributed by atoms with van der Waals surface area (Å²) in [7, 11) is 3.03. The van der Waals surface area contributed by atoms with E-state index in [4.69, 9.17) is 9.47 Å². The molecule has 8 heteroatoms. The Bertz CT molecular complexity index is 932. The third-order valence-corrected chi connectivity index (χ3v) is 5.16. The van der Waals surface area contributed by atoms with Crippen LogP contribution in [0.5, 0.6) is 11.5 Å². The van der Waals surface area contributed by atoms with Crippen molar-refractivity contribution in [1.82, 2.24) is 15.5 Å². The van der Waals surface area contributed by atoms with Crippen molar-refractivity contribution in [2.45, 2.75) is 13.0 Å². The number of amides is 3. The molecule has 1 aliphatic heterocycles. The number of nitrogens with zero attached hydrogens (tertiary/aromatic N) is 1. The van der Waals surface area contributed by atoms with Crippen molar-refractivity contribution in [3.63, 3.8) is 0 Å². The van der Waals surface area contributed by atoms with Crippen LogP contribution in [-0.4, -0.2) is 56.5 Å². The molecule has 0 aliphatic carbocycles. The minimum atomic E-state index is -0.377. The quantitative estimate of drug-likeness (QED) is 0.595. The van der Waals surface area contributed by atoms with Gasteiger partial charge >= 0.3 is 0 Å². The van der Waals surface area contributed by atoms with Gasteiger partial charge in [-0.15, -0.1) is 0 Å². The zero-order chi connectivity index (χ0) is 22.2. The Kier molecular flexibility index (Phi) is 7.48. The number of benzene rings is 2. The number of ether oxygens (including phenoxy) is 2. The fourth-order valence-corrected chi connectivity index (χ4v) is 3.49. The second-order valence-corrected chi connectivity index (χ2v) is 7.28. The highest BCUT2D eigenvalue weighted by Gasteiger charge is 2.34. The summed E-state index contributed by atoms with van der Waals surface area (Å²) in [5.74, 6) is 0.154. The van der Waals surface area contributed by atoms with E-state index < -0.39 is 0 Å². The number of nitrogens with one attached hydrogen (secondary N) is 2. The largest absolute Gasteiger partial charge is 0.493 e. The molecule has 1 fully saturated rings. The molecule has 8 nitrogen and oxygen atoms in total. The molecule has 0 radical (unpaired) electrons. The van der Waals surface area contributed by atoms with E-state index in [0.29, 0.717) is 30.2 Å². The molecule has 0 saturated carbocycles. The van der Waals surface area contributed by atoms with Gasteiger partial charge in [0.15, 0.2) is 11.5 Å². The first kappa shape index (κ1) is 22.1. The number of carbonyl (C=O) groups is 3. The third kappa shape index (κ3) is 5.75. The van der Waals surface area contributed by atoms with E-state index >= 15 is 0 Å². The second-order valence-electron chi connectivity index (χ2n) is 7.28. The third-order valence-electron chi connectivity index (χ3n) is 5.16. The van der Waals surface area contributed by atoms with Crippen LogP contribution >= 0.6 is 0 Å². The summed E-state index contributed by atoms with van der Waals surface area (Å²) in [6.07, 6.45) is 0.205. The Morgan fingerprint density at radius 2 is 1.71 bits per heavy atom. The fourth-order valence-electron chi connectivity index (χ4n) is 3.49. The summed E-state index contributed by atoms with van der Waals surface area (Å²) in [4.78, 5) is 38.7. The highest BCUT2D eigenvalue weighted by molar-refractivity contribution is 5.95. The lowest BCUT2D eigenvalue weighted by Crippen LogP contribution is -2.38. The molecule has 2 N–H and O–H groups in total. The van der Waals surface area contributed by atoms with E-state index in [1.165, 1.54) is 14.2 Å². The summed E-state index contributed by atoms with van der Waals surface area (Å²) >= 11 is 0. The van der Waals surface area contributed by atoms with Gasteiger partial charge in [0.25, 0.3) is 5.91 Å². The van der Waals surface area contributed by atoms with Crippen molar-refractivity contribution in [3.05, 3.63) is 59.7 Å². The Hall–Kier alpha value is -3.55. The molecular formula is C23H27N3O5. The predicted octanol–water partition coefficient (Wildman–Crippen LogP) is 1.60. The zero-order valence-corrected chi connectivity index (χ0v) is 17.7. The molecule has 1 saturated heterocycles. The van der Waals surface area contributed by atoms with Crippen LogP contribution in [0.4, 0.5) is 0 Å². The summed E-state index contributed by atoms with van der Waals surface area (Å²) in [6.45, 7) is 1.46. The highest BCUT2D eigenvalue weighted by Crippen LogP contribution is 2.27. The number of carbonyl (C=O) groups excluding carboxylic acids is 3. The van der Waals surface area contributed by atoms with E-state index in [1.54, 1.807) is 23.1 Å². The molecular weight excluding hydrogens is 398 g/mol.